The van der Waals surface area contributed by atoms with E-state index in [-0.39, 0.29) is 17.7 Å². The van der Waals surface area contributed by atoms with Crippen LogP contribution in [0.2, 0.25) is 0 Å². The Balaban J connectivity index is 1.32. The van der Waals surface area contributed by atoms with Gasteiger partial charge in [-0.05, 0) is 37.5 Å². The maximum absolute atomic E-state index is 12.8. The van der Waals surface area contributed by atoms with Crippen molar-refractivity contribution >= 4 is 21.5 Å². The molecule has 0 unspecified atom stereocenters. The molecule has 3 aromatic rings. The standard InChI is InChI=1S/C20H22N4O4S/c25-19(18-14-24-11-4-9-22-20(24)23-18)21-10-7-15-13-17(8-12-28-15)29(26,27)16-5-2-1-3-6-16/h1-6,9,11,14-15,17H,7-8,10,12-13H2,(H,21,25)/t15-,17+/m1/s1. The first-order valence-electron chi connectivity index (χ1n) is 9.52. The predicted molar refractivity (Wildman–Crippen MR) is 106 cm³/mol. The summed E-state index contributed by atoms with van der Waals surface area (Å²) in [6.45, 7) is 0.774. The van der Waals surface area contributed by atoms with E-state index in [2.05, 4.69) is 15.3 Å². The van der Waals surface area contributed by atoms with E-state index >= 15 is 0 Å². The minimum atomic E-state index is -3.38. The molecule has 1 amide bonds. The quantitative estimate of drug-likeness (QED) is 0.661. The minimum absolute atomic E-state index is 0.213. The van der Waals surface area contributed by atoms with E-state index in [0.29, 0.717) is 43.1 Å². The summed E-state index contributed by atoms with van der Waals surface area (Å²) in [6.07, 6.45) is 6.24. The molecule has 4 rings (SSSR count). The van der Waals surface area contributed by atoms with E-state index in [4.69, 9.17) is 4.74 Å². The number of nitrogens with zero attached hydrogens (tertiary/aromatic N) is 3. The highest BCUT2D eigenvalue weighted by Gasteiger charge is 2.33. The smallest absolute Gasteiger partial charge is 0.271 e. The zero-order valence-corrected chi connectivity index (χ0v) is 16.6. The van der Waals surface area contributed by atoms with Gasteiger partial charge in [-0.15, -0.1) is 0 Å². The molecule has 0 bridgehead atoms. The summed E-state index contributed by atoms with van der Waals surface area (Å²) in [5, 5.41) is 2.35. The largest absolute Gasteiger partial charge is 0.378 e. The lowest BCUT2D eigenvalue weighted by atomic mass is 10.1. The van der Waals surface area contributed by atoms with Gasteiger partial charge in [0.25, 0.3) is 5.91 Å². The molecule has 2 atom stereocenters. The Hall–Kier alpha value is -2.78. The Morgan fingerprint density at radius 1 is 1.24 bits per heavy atom. The van der Waals surface area contributed by atoms with Crippen molar-refractivity contribution in [3.05, 3.63) is 60.7 Å². The first-order chi connectivity index (χ1) is 14.0. The molecule has 0 aliphatic carbocycles. The van der Waals surface area contributed by atoms with Gasteiger partial charge in [0.05, 0.1) is 16.2 Å². The van der Waals surface area contributed by atoms with Crippen molar-refractivity contribution < 1.29 is 17.9 Å². The van der Waals surface area contributed by atoms with E-state index in [9.17, 15) is 13.2 Å². The number of carbonyl (C=O) groups is 1. The van der Waals surface area contributed by atoms with E-state index in [0.717, 1.165) is 0 Å². The Morgan fingerprint density at radius 2 is 2.07 bits per heavy atom. The first kappa shape index (κ1) is 19.5. The molecule has 1 N–H and O–H groups in total. The van der Waals surface area contributed by atoms with Crippen LogP contribution in [0.5, 0.6) is 0 Å². The van der Waals surface area contributed by atoms with Crippen LogP contribution < -0.4 is 5.32 Å². The highest BCUT2D eigenvalue weighted by atomic mass is 32.2. The van der Waals surface area contributed by atoms with E-state index in [1.807, 2.05) is 0 Å². The number of carbonyl (C=O) groups excluding carboxylic acids is 1. The SMILES string of the molecule is O=C(NCC[C@@H]1C[C@@H](S(=O)(=O)c2ccccc2)CCO1)c1cn2cccnc2n1. The van der Waals surface area contributed by atoms with Crippen LogP contribution in [0, 0.1) is 0 Å². The predicted octanol–water partition coefficient (Wildman–Crippen LogP) is 1.87. The van der Waals surface area contributed by atoms with Gasteiger partial charge in [0.1, 0.15) is 5.69 Å². The molecular formula is C20H22N4O4S. The average molecular weight is 414 g/mol. The third-order valence-corrected chi connectivity index (χ3v) is 7.28. The molecule has 1 fully saturated rings. The number of nitrogens with one attached hydrogen (secondary N) is 1. The van der Waals surface area contributed by atoms with E-state index in [1.165, 1.54) is 0 Å². The Morgan fingerprint density at radius 3 is 2.86 bits per heavy atom. The molecule has 1 saturated heterocycles. The number of sulfone groups is 1. The maximum Gasteiger partial charge on any atom is 0.271 e. The van der Waals surface area contributed by atoms with Crippen LogP contribution in [0.3, 0.4) is 0 Å². The molecular weight excluding hydrogens is 392 g/mol. The van der Waals surface area contributed by atoms with Gasteiger partial charge in [-0.1, -0.05) is 18.2 Å². The fourth-order valence-electron chi connectivity index (χ4n) is 3.51. The summed E-state index contributed by atoms with van der Waals surface area (Å²) >= 11 is 0. The summed E-state index contributed by atoms with van der Waals surface area (Å²) in [5.74, 6) is 0.169. The van der Waals surface area contributed by atoms with Gasteiger partial charge in [0.15, 0.2) is 9.84 Å². The maximum atomic E-state index is 12.8. The normalized spacial score (nSPS) is 19.9. The summed E-state index contributed by atoms with van der Waals surface area (Å²) < 4.78 is 33.1. The van der Waals surface area contributed by atoms with Crippen LogP contribution in [0.25, 0.3) is 5.78 Å². The van der Waals surface area contributed by atoms with Crippen molar-refractivity contribution in [2.24, 2.45) is 0 Å². The van der Waals surface area contributed by atoms with E-state index in [1.54, 1.807) is 59.4 Å². The fourth-order valence-corrected chi connectivity index (χ4v) is 5.30. The summed E-state index contributed by atoms with van der Waals surface area (Å²) in [4.78, 5) is 20.9. The third-order valence-electron chi connectivity index (χ3n) is 5.05. The van der Waals surface area contributed by atoms with Crippen LogP contribution in [-0.4, -0.2) is 53.2 Å². The molecule has 0 saturated carbocycles. The second-order valence-electron chi connectivity index (χ2n) is 6.99. The highest BCUT2D eigenvalue weighted by Crippen LogP contribution is 2.27. The molecule has 1 aromatic carbocycles. The molecule has 152 valence electrons. The Bertz CT molecular complexity index is 1060. The zero-order chi connectivity index (χ0) is 20.3. The number of fused-ring (bicyclic) bond motifs is 1. The lowest BCUT2D eigenvalue weighted by molar-refractivity contribution is 0.0132. The number of imidazole rings is 1. The van der Waals surface area contributed by atoms with Crippen LogP contribution in [0.15, 0.2) is 59.9 Å². The monoisotopic (exact) mass is 414 g/mol. The average Bonchev–Trinajstić information content (AvgIpc) is 3.19. The first-order valence-corrected chi connectivity index (χ1v) is 11.1. The number of rotatable bonds is 6. The van der Waals surface area contributed by atoms with Crippen molar-refractivity contribution in [2.45, 2.75) is 35.5 Å². The van der Waals surface area contributed by atoms with Gasteiger partial charge in [-0.2, -0.15) is 0 Å². The number of benzene rings is 1. The summed E-state index contributed by atoms with van der Waals surface area (Å²) in [6, 6.07) is 10.3. The highest BCUT2D eigenvalue weighted by molar-refractivity contribution is 7.92. The zero-order valence-electron chi connectivity index (χ0n) is 15.8. The molecule has 0 spiro atoms. The van der Waals surface area contributed by atoms with Crippen molar-refractivity contribution in [1.29, 1.82) is 0 Å². The number of aromatic nitrogens is 3. The number of hydrogen-bond acceptors (Lipinski definition) is 6. The van der Waals surface area contributed by atoms with Gasteiger partial charge in [-0.3, -0.25) is 9.20 Å². The number of hydrogen-bond donors (Lipinski definition) is 1. The lowest BCUT2D eigenvalue weighted by Gasteiger charge is -2.29. The molecule has 1 aliphatic rings. The Labute approximate surface area is 168 Å². The van der Waals surface area contributed by atoms with Crippen LogP contribution in [0.4, 0.5) is 0 Å². The molecule has 0 radical (unpaired) electrons. The second kappa shape index (κ2) is 8.30. The summed E-state index contributed by atoms with van der Waals surface area (Å²) in [5.41, 5.74) is 0.290. The molecule has 3 heterocycles. The Kier molecular flexibility index (Phi) is 5.59. The van der Waals surface area contributed by atoms with Crippen LogP contribution in [0.1, 0.15) is 29.8 Å². The van der Waals surface area contributed by atoms with Crippen LogP contribution >= 0.6 is 0 Å². The third kappa shape index (κ3) is 4.30. The van der Waals surface area contributed by atoms with Crippen molar-refractivity contribution in [1.82, 2.24) is 19.7 Å². The second-order valence-corrected chi connectivity index (χ2v) is 9.22. The van der Waals surface area contributed by atoms with Gasteiger partial charge < -0.3 is 10.1 Å². The molecule has 29 heavy (non-hydrogen) atoms. The topological polar surface area (TPSA) is 103 Å². The van der Waals surface area contributed by atoms with Crippen LogP contribution in [-0.2, 0) is 14.6 Å². The van der Waals surface area contributed by atoms with Crippen molar-refractivity contribution in [2.75, 3.05) is 13.2 Å². The number of amides is 1. The van der Waals surface area contributed by atoms with Gasteiger partial charge in [0, 0.05) is 31.7 Å². The fraction of sp³-hybridized carbons (Fsp3) is 0.350. The van der Waals surface area contributed by atoms with Gasteiger partial charge in [-0.25, -0.2) is 18.4 Å². The molecule has 2 aromatic heterocycles. The van der Waals surface area contributed by atoms with Gasteiger partial charge in [0.2, 0.25) is 5.78 Å². The number of ether oxygens (including phenoxy) is 1. The summed E-state index contributed by atoms with van der Waals surface area (Å²) in [7, 11) is -3.38. The van der Waals surface area contributed by atoms with Gasteiger partial charge >= 0.3 is 0 Å². The van der Waals surface area contributed by atoms with E-state index < -0.39 is 15.1 Å². The molecule has 8 nitrogen and oxygen atoms in total. The molecule has 1 aliphatic heterocycles. The lowest BCUT2D eigenvalue weighted by Crippen LogP contribution is -2.36. The molecule has 9 heteroatoms. The van der Waals surface area contributed by atoms with Crippen molar-refractivity contribution in [3.8, 4) is 0 Å². The minimum Gasteiger partial charge on any atom is -0.378 e. The van der Waals surface area contributed by atoms with Crippen molar-refractivity contribution in [3.63, 3.8) is 0 Å².